The predicted molar refractivity (Wildman–Crippen MR) is 91.5 cm³/mol. The van der Waals surface area contributed by atoms with Gasteiger partial charge in [0.25, 0.3) is 5.71 Å². The Kier molecular flexibility index (Phi) is 6.34. The normalized spacial score (nSPS) is 22.4. The lowest BCUT2D eigenvalue weighted by Crippen LogP contribution is -2.53. The molecule has 28 heavy (non-hydrogen) atoms. The van der Waals surface area contributed by atoms with E-state index < -0.39 is 46.9 Å². The largest absolute Gasteiger partial charge is 0.464 e. The maximum absolute atomic E-state index is 13.4. The van der Waals surface area contributed by atoms with E-state index in [0.717, 1.165) is 19.1 Å². The van der Waals surface area contributed by atoms with E-state index in [-0.39, 0.29) is 23.7 Å². The van der Waals surface area contributed by atoms with Crippen molar-refractivity contribution in [3.8, 4) is 0 Å². The Labute approximate surface area is 159 Å². The number of ether oxygens (including phenoxy) is 2. The van der Waals surface area contributed by atoms with E-state index in [9.17, 15) is 29.1 Å². The molecule has 3 atom stereocenters. The van der Waals surface area contributed by atoms with Gasteiger partial charge in [0.2, 0.25) is 11.7 Å². The van der Waals surface area contributed by atoms with E-state index in [1.54, 1.807) is 0 Å². The molecule has 1 aromatic carbocycles. The first kappa shape index (κ1) is 21.3. The van der Waals surface area contributed by atoms with E-state index in [0.29, 0.717) is 0 Å². The number of aliphatic hydroxyl groups is 1. The lowest BCUT2D eigenvalue weighted by molar-refractivity contribution is -0.745. The van der Waals surface area contributed by atoms with E-state index in [4.69, 9.17) is 14.3 Å². The average Bonchev–Trinajstić information content (AvgIpc) is 2.96. The fourth-order valence-electron chi connectivity index (χ4n) is 3.01. The highest BCUT2D eigenvalue weighted by atomic mass is 19.1. The Bertz CT molecular complexity index is 806. The molecular weight excluding hydrogens is 377 g/mol. The van der Waals surface area contributed by atoms with Gasteiger partial charge >= 0.3 is 11.9 Å². The Morgan fingerprint density at radius 1 is 1.25 bits per heavy atom. The summed E-state index contributed by atoms with van der Waals surface area (Å²) in [5.41, 5.74) is -3.05. The van der Waals surface area contributed by atoms with Crippen molar-refractivity contribution in [1.82, 2.24) is 0 Å². The predicted octanol–water partition coefficient (Wildman–Crippen LogP) is 0.621. The smallest absolute Gasteiger partial charge is 0.346 e. The fraction of sp³-hybridized carbons (Fsp3) is 0.444. The summed E-state index contributed by atoms with van der Waals surface area (Å²) in [6.07, 6.45) is -2.12. The molecule has 0 saturated heterocycles. The van der Waals surface area contributed by atoms with Crippen LogP contribution in [0.25, 0.3) is 0 Å². The number of halogens is 1. The molecule has 10 heteroatoms. The van der Waals surface area contributed by atoms with Gasteiger partial charge in [0.1, 0.15) is 11.7 Å². The Morgan fingerprint density at radius 3 is 2.32 bits per heavy atom. The van der Waals surface area contributed by atoms with Crippen molar-refractivity contribution in [3.05, 3.63) is 40.9 Å². The summed E-state index contributed by atoms with van der Waals surface area (Å²) in [5, 5.41) is 22.8. The third-order valence-corrected chi connectivity index (χ3v) is 4.24. The van der Waals surface area contributed by atoms with Crippen molar-refractivity contribution in [1.29, 1.82) is 0 Å². The van der Waals surface area contributed by atoms with Crippen LogP contribution in [-0.4, -0.2) is 58.4 Å². The van der Waals surface area contributed by atoms with Crippen LogP contribution >= 0.6 is 0 Å². The second-order valence-corrected chi connectivity index (χ2v) is 5.92. The number of carbonyl (C=O) groups excluding carboxylic acids is 3. The van der Waals surface area contributed by atoms with Gasteiger partial charge < -0.3 is 19.4 Å². The molecule has 0 amide bonds. The van der Waals surface area contributed by atoms with Crippen molar-refractivity contribution in [2.45, 2.75) is 38.4 Å². The Hall–Kier alpha value is -3.01. The Morgan fingerprint density at radius 2 is 1.82 bits per heavy atom. The number of hydrogen-bond acceptors (Lipinski definition) is 8. The van der Waals surface area contributed by atoms with E-state index in [2.05, 4.69) is 0 Å². The quantitative estimate of drug-likeness (QED) is 0.403. The molecule has 0 aliphatic carbocycles. The molecular formula is C18H20FNO8. The molecule has 0 radical (unpaired) electrons. The first-order valence-corrected chi connectivity index (χ1v) is 8.52. The molecule has 1 aliphatic heterocycles. The summed E-state index contributed by atoms with van der Waals surface area (Å²) in [6.45, 7) is 3.77. The van der Waals surface area contributed by atoms with Crippen LogP contribution in [0.1, 0.15) is 32.3 Å². The van der Waals surface area contributed by atoms with Gasteiger partial charge in [0, 0.05) is 4.90 Å². The molecule has 1 heterocycles. The molecule has 0 spiro atoms. The van der Waals surface area contributed by atoms with Gasteiger partial charge in [-0.2, -0.15) is 0 Å². The second-order valence-electron chi connectivity index (χ2n) is 5.92. The van der Waals surface area contributed by atoms with Gasteiger partial charge in [0.15, 0.2) is 5.78 Å². The second kappa shape index (κ2) is 8.34. The van der Waals surface area contributed by atoms with Crippen LogP contribution in [0.2, 0.25) is 0 Å². The molecule has 152 valence electrons. The number of hydrogen-bond donors (Lipinski definition) is 1. The van der Waals surface area contributed by atoms with Crippen molar-refractivity contribution in [3.63, 3.8) is 0 Å². The molecule has 9 nitrogen and oxygen atoms in total. The van der Waals surface area contributed by atoms with Crippen LogP contribution in [0, 0.1) is 11.0 Å². The van der Waals surface area contributed by atoms with E-state index >= 15 is 0 Å². The number of carbonyl (C=O) groups is 3. The third kappa shape index (κ3) is 3.55. The molecule has 2 rings (SSSR count). The summed E-state index contributed by atoms with van der Waals surface area (Å²) in [7, 11) is 0. The van der Waals surface area contributed by atoms with E-state index in [1.807, 2.05) is 0 Å². The maximum Gasteiger partial charge on any atom is 0.346 e. The highest BCUT2D eigenvalue weighted by Gasteiger charge is 2.64. The van der Waals surface area contributed by atoms with Crippen molar-refractivity contribution < 1.29 is 43.1 Å². The van der Waals surface area contributed by atoms with Crippen LogP contribution in [0.4, 0.5) is 4.39 Å². The number of esters is 2. The van der Waals surface area contributed by atoms with E-state index in [1.165, 1.54) is 26.0 Å². The van der Waals surface area contributed by atoms with Gasteiger partial charge in [-0.25, -0.2) is 14.0 Å². The summed E-state index contributed by atoms with van der Waals surface area (Å²) in [5.74, 6) is -5.39. The van der Waals surface area contributed by atoms with Gasteiger partial charge in [-0.15, -0.1) is 0 Å². The van der Waals surface area contributed by atoms with Gasteiger partial charge in [-0.3, -0.25) is 10.0 Å². The van der Waals surface area contributed by atoms with Crippen LogP contribution in [0.5, 0.6) is 0 Å². The monoisotopic (exact) mass is 397 g/mol. The number of benzene rings is 1. The lowest BCUT2D eigenvalue weighted by atomic mass is 9.75. The number of ketones is 1. The fourth-order valence-corrected chi connectivity index (χ4v) is 3.01. The molecule has 0 fully saturated rings. The minimum atomic E-state index is -2.49. The van der Waals surface area contributed by atoms with Gasteiger partial charge in [-0.05, 0) is 38.5 Å². The number of aliphatic hydroxyl groups excluding tert-OH is 1. The molecule has 0 saturated carbocycles. The third-order valence-electron chi connectivity index (χ3n) is 4.24. The summed E-state index contributed by atoms with van der Waals surface area (Å²) >= 11 is 0. The zero-order valence-electron chi connectivity index (χ0n) is 15.5. The Balaban J connectivity index is 2.68. The highest BCUT2D eigenvalue weighted by Crippen LogP contribution is 2.41. The standard InChI is InChI=1S/C18H20FNO8/c1-4-26-16(23)15(22)14-13(11-6-8-12(19)9-7-11)18(10(3)21,28-20(14)25)17(24)27-5-2/h6-9,13,15,22H,4-5H2,1-3H3/t13-,15+,18+/m1/s1. The SMILES string of the molecule is CCOC(=O)[C@@H](O)C1=[N+]([O-])O[C@](C(C)=O)(C(=O)OCC)[C@@H]1c1ccc(F)cc1. The molecule has 0 aromatic heterocycles. The molecule has 0 bridgehead atoms. The zero-order chi connectivity index (χ0) is 21.1. The topological polar surface area (TPSA) is 125 Å². The van der Waals surface area contributed by atoms with Crippen LogP contribution < -0.4 is 0 Å². The van der Waals surface area contributed by atoms with Crippen LogP contribution in [-0.2, 0) is 28.7 Å². The van der Waals surface area contributed by atoms with Gasteiger partial charge in [0.05, 0.1) is 13.2 Å². The summed E-state index contributed by atoms with van der Waals surface area (Å²) in [6, 6.07) is 4.48. The minimum Gasteiger partial charge on any atom is -0.464 e. The lowest BCUT2D eigenvalue weighted by Gasteiger charge is -2.30. The summed E-state index contributed by atoms with van der Waals surface area (Å²) < 4.78 is 23.0. The maximum atomic E-state index is 13.4. The van der Waals surface area contributed by atoms with Crippen molar-refractivity contribution in [2.24, 2.45) is 0 Å². The first-order valence-electron chi connectivity index (χ1n) is 8.52. The highest BCUT2D eigenvalue weighted by molar-refractivity contribution is 6.17. The number of Topliss-reactive ketones (excluding diaryl/α,β-unsaturated/α-hetero) is 1. The minimum absolute atomic E-state index is 0.0835. The zero-order valence-corrected chi connectivity index (χ0v) is 15.5. The molecule has 1 aliphatic rings. The number of nitrogens with zero attached hydrogens (tertiary/aromatic N) is 1. The molecule has 1 aromatic rings. The van der Waals surface area contributed by atoms with Gasteiger partial charge in [-0.1, -0.05) is 12.1 Å². The number of rotatable bonds is 7. The molecule has 0 unspecified atom stereocenters. The van der Waals surface area contributed by atoms with Crippen LogP contribution in [0.15, 0.2) is 24.3 Å². The van der Waals surface area contributed by atoms with Crippen LogP contribution in [0.3, 0.4) is 0 Å². The summed E-state index contributed by atoms with van der Waals surface area (Å²) in [4.78, 5) is 41.9. The van der Waals surface area contributed by atoms with Crippen molar-refractivity contribution >= 4 is 23.4 Å². The van der Waals surface area contributed by atoms with Crippen molar-refractivity contribution in [2.75, 3.05) is 13.2 Å². The molecule has 1 N–H and O–H groups in total. The average molecular weight is 397 g/mol. The first-order chi connectivity index (χ1) is 13.2.